The van der Waals surface area contributed by atoms with Gasteiger partial charge in [-0.25, -0.2) is 0 Å². The molecule has 162 valence electrons. The lowest BCUT2D eigenvalue weighted by atomic mass is 9.98. The summed E-state index contributed by atoms with van der Waals surface area (Å²) in [4.78, 5) is 17.6. The number of hydrogen-bond acceptors (Lipinski definition) is 4. The first-order valence-electron chi connectivity index (χ1n) is 11.2. The van der Waals surface area contributed by atoms with Gasteiger partial charge in [0.15, 0.2) is 0 Å². The molecule has 0 spiro atoms. The topological polar surface area (TPSA) is 61.6 Å². The van der Waals surface area contributed by atoms with E-state index >= 15 is 0 Å². The van der Waals surface area contributed by atoms with E-state index in [-0.39, 0.29) is 5.91 Å². The van der Waals surface area contributed by atoms with Gasteiger partial charge < -0.3 is 16.0 Å². The number of amides is 1. The van der Waals surface area contributed by atoms with Gasteiger partial charge in [0.1, 0.15) is 0 Å². The normalized spacial score (nSPS) is 17.0. The summed E-state index contributed by atoms with van der Waals surface area (Å²) < 4.78 is 0. The Balaban J connectivity index is 1.34. The van der Waals surface area contributed by atoms with Gasteiger partial charge in [0, 0.05) is 50.2 Å². The van der Waals surface area contributed by atoms with Crippen molar-refractivity contribution < 1.29 is 4.79 Å². The first-order chi connectivity index (χ1) is 15.2. The summed E-state index contributed by atoms with van der Waals surface area (Å²) >= 11 is 0. The fourth-order valence-corrected chi connectivity index (χ4v) is 4.53. The molecule has 2 aliphatic heterocycles. The van der Waals surface area contributed by atoms with Crippen LogP contribution < -0.4 is 11.1 Å². The summed E-state index contributed by atoms with van der Waals surface area (Å²) in [6, 6.07) is 14.8. The molecule has 0 radical (unpaired) electrons. The molecule has 5 nitrogen and oxygen atoms in total. The lowest BCUT2D eigenvalue weighted by molar-refractivity contribution is 0.0730. The third-order valence-corrected chi connectivity index (χ3v) is 6.21. The Morgan fingerprint density at radius 2 is 1.87 bits per heavy atom. The fourth-order valence-electron chi connectivity index (χ4n) is 4.53. The van der Waals surface area contributed by atoms with Crippen LogP contribution in [0.5, 0.6) is 0 Å². The van der Waals surface area contributed by atoms with E-state index in [0.29, 0.717) is 0 Å². The van der Waals surface area contributed by atoms with Crippen LogP contribution in [0.1, 0.15) is 40.4 Å². The Bertz CT molecular complexity index is 995. The molecule has 0 aliphatic carbocycles. The van der Waals surface area contributed by atoms with Gasteiger partial charge in [0.2, 0.25) is 0 Å². The molecule has 1 amide bonds. The maximum Gasteiger partial charge on any atom is 0.254 e. The summed E-state index contributed by atoms with van der Waals surface area (Å²) in [5.41, 5.74) is 12.2. The zero-order valence-electron chi connectivity index (χ0n) is 18.3. The second kappa shape index (κ2) is 9.84. The van der Waals surface area contributed by atoms with E-state index in [2.05, 4.69) is 40.5 Å². The highest BCUT2D eigenvalue weighted by molar-refractivity contribution is 5.97. The lowest BCUT2D eigenvalue weighted by Gasteiger charge is -2.31. The van der Waals surface area contributed by atoms with E-state index in [4.69, 9.17) is 5.73 Å². The molecule has 0 atom stereocenters. The number of benzene rings is 2. The van der Waals surface area contributed by atoms with Crippen LogP contribution in [0, 0.1) is 0 Å². The zero-order valence-corrected chi connectivity index (χ0v) is 18.3. The van der Waals surface area contributed by atoms with Crippen LogP contribution in [0.3, 0.4) is 0 Å². The minimum atomic E-state index is 0.137. The van der Waals surface area contributed by atoms with Gasteiger partial charge in [-0.05, 0) is 61.1 Å². The number of carbonyl (C=O) groups is 1. The van der Waals surface area contributed by atoms with E-state index < -0.39 is 0 Å². The molecular weight excluding hydrogens is 384 g/mol. The minimum absolute atomic E-state index is 0.137. The smallest absolute Gasteiger partial charge is 0.254 e. The highest BCUT2D eigenvalue weighted by atomic mass is 16.2. The quantitative estimate of drug-likeness (QED) is 0.672. The molecule has 3 N–H and O–H groups in total. The Labute approximate surface area is 185 Å². The van der Waals surface area contributed by atoms with Crippen molar-refractivity contribution in [2.75, 3.05) is 31.5 Å². The molecule has 5 heteroatoms. The molecule has 0 bridgehead atoms. The molecular formula is C26H32N4O. The fraction of sp³-hybridized carbons (Fsp3) is 0.346. The Morgan fingerprint density at radius 1 is 1.06 bits per heavy atom. The highest BCUT2D eigenvalue weighted by Crippen LogP contribution is 2.24. The minimum Gasteiger partial charge on any atom is -0.403 e. The third-order valence-electron chi connectivity index (χ3n) is 6.21. The van der Waals surface area contributed by atoms with Crippen molar-refractivity contribution in [1.82, 2.24) is 9.80 Å². The summed E-state index contributed by atoms with van der Waals surface area (Å²) in [7, 11) is 0. The Hall–Kier alpha value is -3.05. The lowest BCUT2D eigenvalue weighted by Crippen LogP contribution is -2.40. The summed E-state index contributed by atoms with van der Waals surface area (Å²) in [6.45, 7) is 6.70. The van der Waals surface area contributed by atoms with Crippen molar-refractivity contribution in [2.24, 2.45) is 5.73 Å². The van der Waals surface area contributed by atoms with Crippen LogP contribution in [-0.4, -0.2) is 41.9 Å². The van der Waals surface area contributed by atoms with Crippen LogP contribution in [0.25, 0.3) is 0 Å². The number of nitrogens with zero attached hydrogens (tertiary/aromatic N) is 2. The monoisotopic (exact) mass is 416 g/mol. The van der Waals surface area contributed by atoms with Gasteiger partial charge in [-0.2, -0.15) is 0 Å². The number of anilines is 1. The molecule has 2 aromatic carbocycles. The highest BCUT2D eigenvalue weighted by Gasteiger charge is 2.24. The first-order valence-corrected chi connectivity index (χ1v) is 11.2. The number of hydrogen-bond donors (Lipinski definition) is 2. The van der Waals surface area contributed by atoms with Crippen molar-refractivity contribution in [3.8, 4) is 0 Å². The van der Waals surface area contributed by atoms with Gasteiger partial charge in [-0.3, -0.25) is 9.69 Å². The van der Waals surface area contributed by atoms with Crippen LogP contribution in [0.2, 0.25) is 0 Å². The van der Waals surface area contributed by atoms with Crippen molar-refractivity contribution in [3.05, 3.63) is 88.8 Å². The standard InChI is InChI=1S/C26H32N4O/c1-2-6-24(18-27)28-23-10-9-21-12-16-30(26(31)25(21)17-23)14-5-13-29-15-11-20-7-3-4-8-22(20)19-29/h2-4,6-10,17-18,28H,5,11-16,19,27H2,1H3/b6-2-,24-18+. The zero-order chi connectivity index (χ0) is 21.6. The van der Waals surface area contributed by atoms with E-state index in [0.717, 1.165) is 74.5 Å². The molecule has 2 heterocycles. The molecule has 2 aliphatic rings. The van der Waals surface area contributed by atoms with Crippen LogP contribution in [0.4, 0.5) is 5.69 Å². The summed E-state index contributed by atoms with van der Waals surface area (Å²) in [5, 5.41) is 3.28. The second-order valence-corrected chi connectivity index (χ2v) is 8.31. The molecule has 2 aromatic rings. The summed E-state index contributed by atoms with van der Waals surface area (Å²) in [5.74, 6) is 0.137. The number of rotatable bonds is 7. The van der Waals surface area contributed by atoms with E-state index in [1.54, 1.807) is 0 Å². The van der Waals surface area contributed by atoms with Crippen molar-refractivity contribution in [3.63, 3.8) is 0 Å². The molecule has 0 saturated heterocycles. The molecule has 0 aromatic heterocycles. The average molecular weight is 417 g/mol. The third kappa shape index (κ3) is 5.00. The average Bonchev–Trinajstić information content (AvgIpc) is 2.80. The van der Waals surface area contributed by atoms with Crippen LogP contribution >= 0.6 is 0 Å². The number of nitrogens with one attached hydrogen (secondary N) is 1. The van der Waals surface area contributed by atoms with Gasteiger partial charge in [0.05, 0.1) is 5.70 Å². The molecule has 31 heavy (non-hydrogen) atoms. The molecule has 0 unspecified atom stereocenters. The molecule has 4 rings (SSSR count). The Kier molecular flexibility index (Phi) is 6.73. The van der Waals surface area contributed by atoms with Crippen molar-refractivity contribution >= 4 is 11.6 Å². The van der Waals surface area contributed by atoms with E-state index in [1.165, 1.54) is 17.3 Å². The largest absolute Gasteiger partial charge is 0.403 e. The van der Waals surface area contributed by atoms with Crippen LogP contribution in [0.15, 0.2) is 66.5 Å². The predicted molar refractivity (Wildman–Crippen MR) is 127 cm³/mol. The molecule has 0 saturated carbocycles. The molecule has 0 fully saturated rings. The van der Waals surface area contributed by atoms with Gasteiger partial charge in [-0.1, -0.05) is 36.4 Å². The number of carbonyl (C=O) groups excluding carboxylic acids is 1. The van der Waals surface area contributed by atoms with Gasteiger partial charge >= 0.3 is 0 Å². The maximum atomic E-state index is 13.1. The van der Waals surface area contributed by atoms with E-state index in [9.17, 15) is 4.79 Å². The second-order valence-electron chi connectivity index (χ2n) is 8.31. The number of fused-ring (bicyclic) bond motifs is 2. The van der Waals surface area contributed by atoms with E-state index in [1.807, 2.05) is 36.1 Å². The SMILES string of the molecule is C/C=C\C(=C/N)Nc1ccc2c(c1)C(=O)N(CCCN1CCc3ccccc3C1)CC2. The summed E-state index contributed by atoms with van der Waals surface area (Å²) in [6.07, 6.45) is 8.40. The number of allylic oxidation sites excluding steroid dienone is 2. The van der Waals surface area contributed by atoms with Gasteiger partial charge in [0.25, 0.3) is 5.91 Å². The van der Waals surface area contributed by atoms with Crippen molar-refractivity contribution in [1.29, 1.82) is 0 Å². The van der Waals surface area contributed by atoms with Gasteiger partial charge in [-0.15, -0.1) is 0 Å². The van der Waals surface area contributed by atoms with Crippen molar-refractivity contribution in [2.45, 2.75) is 32.7 Å². The maximum absolute atomic E-state index is 13.1. The number of nitrogens with two attached hydrogens (primary N) is 1. The predicted octanol–water partition coefficient (Wildman–Crippen LogP) is 3.92. The van der Waals surface area contributed by atoms with Crippen LogP contribution in [-0.2, 0) is 19.4 Å². The first kappa shape index (κ1) is 21.2. The Morgan fingerprint density at radius 3 is 2.68 bits per heavy atom.